The van der Waals surface area contributed by atoms with Crippen LogP contribution in [0.1, 0.15) is 10.4 Å². The van der Waals surface area contributed by atoms with E-state index in [4.69, 9.17) is 10.5 Å². The molecule has 0 spiro atoms. The Morgan fingerprint density at radius 2 is 1.85 bits per heavy atom. The molecular weight excluding hydrogens is 175 g/mol. The highest BCUT2D eigenvalue weighted by atomic mass is 17.2. The Morgan fingerprint density at radius 1 is 1.23 bits per heavy atom. The Labute approximate surface area is 74.5 Å². The molecule has 2 N–H and O–H groups in total. The van der Waals surface area contributed by atoms with E-state index in [1.54, 1.807) is 12.1 Å². The number of carbonyl (C=O) groups is 1. The van der Waals surface area contributed by atoms with E-state index in [-0.39, 0.29) is 11.0 Å². The molecule has 0 aliphatic carbocycles. The molecule has 0 saturated carbocycles. The largest absolute Gasteiger partial charge is 0.554 e. The quantitative estimate of drug-likeness (QED) is 0.300. The van der Waals surface area contributed by atoms with Gasteiger partial charge in [0.2, 0.25) is 0 Å². The Bertz CT molecular complexity index is 286. The molecule has 0 radical (unpaired) electrons. The molecule has 13 heavy (non-hydrogen) atoms. The first-order valence-electron chi connectivity index (χ1n) is 3.48. The van der Waals surface area contributed by atoms with Gasteiger partial charge in [-0.2, -0.15) is 0 Å². The zero-order chi connectivity index (χ0) is 9.68. The van der Waals surface area contributed by atoms with Gasteiger partial charge in [-0.15, -0.1) is 0 Å². The van der Waals surface area contributed by atoms with Gasteiger partial charge in [-0.05, 0) is 5.46 Å². The molecule has 0 saturated heterocycles. The second kappa shape index (κ2) is 4.73. The minimum atomic E-state index is -1.36. The van der Waals surface area contributed by atoms with Gasteiger partial charge < -0.3 is 0 Å². The van der Waals surface area contributed by atoms with E-state index >= 15 is 0 Å². The van der Waals surface area contributed by atoms with Crippen LogP contribution in [0.4, 0.5) is 0 Å². The van der Waals surface area contributed by atoms with E-state index < -0.39 is 7.12 Å². The monoisotopic (exact) mass is 182 g/mol. The maximum Gasteiger partial charge on any atom is 0.554 e. The molecule has 0 aromatic heterocycles. The van der Waals surface area contributed by atoms with Crippen LogP contribution in [0.25, 0.3) is 0 Å². The third-order valence-electron chi connectivity index (χ3n) is 1.57. The van der Waals surface area contributed by atoms with E-state index in [0.29, 0.717) is 6.29 Å². The molecule has 0 heterocycles. The fourth-order valence-corrected chi connectivity index (χ4v) is 0.966. The maximum atomic E-state index is 10.5. The lowest BCUT2D eigenvalue weighted by molar-refractivity contribution is -0.221. The number of benzene rings is 1. The van der Waals surface area contributed by atoms with E-state index in [1.807, 2.05) is 0 Å². The summed E-state index contributed by atoms with van der Waals surface area (Å²) in [6, 6.07) is 6.25. The molecule has 5 nitrogen and oxygen atoms in total. The van der Waals surface area contributed by atoms with Gasteiger partial charge in [0.05, 0.1) is 0 Å². The van der Waals surface area contributed by atoms with Gasteiger partial charge in [-0.3, -0.25) is 24.9 Å². The van der Waals surface area contributed by atoms with Gasteiger partial charge in [0.15, 0.2) is 0 Å². The predicted octanol–water partition coefficient (Wildman–Crippen LogP) is 0.173. The van der Waals surface area contributed by atoms with Gasteiger partial charge in [-0.1, -0.05) is 24.3 Å². The fraction of sp³-hybridized carbons (Fsp3) is 0. The fourth-order valence-electron chi connectivity index (χ4n) is 0.966. The molecule has 1 rings (SSSR count). The van der Waals surface area contributed by atoms with Crippen molar-refractivity contribution in [1.82, 2.24) is 0 Å². The summed E-state index contributed by atoms with van der Waals surface area (Å²) in [5.74, 6) is 0. The molecule has 6 heteroatoms. The van der Waals surface area contributed by atoms with Crippen LogP contribution in [0.5, 0.6) is 0 Å². The summed E-state index contributed by atoms with van der Waals surface area (Å²) in [5, 5.41) is 16.6. The first-order valence-corrected chi connectivity index (χ1v) is 3.48. The van der Waals surface area contributed by atoms with Crippen molar-refractivity contribution < 1.29 is 24.9 Å². The van der Waals surface area contributed by atoms with Crippen LogP contribution in [0.15, 0.2) is 24.3 Å². The molecule has 0 fully saturated rings. The number of carbonyl (C=O) groups excluding carboxylic acids is 1. The lowest BCUT2D eigenvalue weighted by Gasteiger charge is -2.06. The first-order chi connectivity index (χ1) is 6.33. The van der Waals surface area contributed by atoms with Crippen LogP contribution < -0.4 is 5.46 Å². The van der Waals surface area contributed by atoms with Crippen LogP contribution in [0, 0.1) is 0 Å². The molecule has 0 atom stereocenters. The summed E-state index contributed by atoms with van der Waals surface area (Å²) in [7, 11) is -1.36. The van der Waals surface area contributed by atoms with Crippen molar-refractivity contribution in [3.63, 3.8) is 0 Å². The Morgan fingerprint density at radius 3 is 2.38 bits per heavy atom. The summed E-state index contributed by atoms with van der Waals surface area (Å²) in [6.45, 7) is 0. The van der Waals surface area contributed by atoms with E-state index in [9.17, 15) is 4.79 Å². The van der Waals surface area contributed by atoms with E-state index in [2.05, 4.69) is 9.61 Å². The topological polar surface area (TPSA) is 76.0 Å². The Balaban J connectivity index is 3.03. The summed E-state index contributed by atoms with van der Waals surface area (Å²) in [6.07, 6.45) is 0.570. The van der Waals surface area contributed by atoms with Gasteiger partial charge in [-0.25, -0.2) is 0 Å². The molecule has 1 aromatic rings. The summed E-state index contributed by atoms with van der Waals surface area (Å²) < 4.78 is 0. The Kier molecular flexibility index (Phi) is 3.60. The second-order valence-electron chi connectivity index (χ2n) is 2.29. The summed E-state index contributed by atoms with van der Waals surface area (Å²) >= 11 is 0. The summed E-state index contributed by atoms with van der Waals surface area (Å²) in [5.41, 5.74) is 0.526. The average Bonchev–Trinajstić information content (AvgIpc) is 2.20. The van der Waals surface area contributed by atoms with Gasteiger partial charge in [0.25, 0.3) is 0 Å². The van der Waals surface area contributed by atoms with Crippen molar-refractivity contribution >= 4 is 18.9 Å². The van der Waals surface area contributed by atoms with Gasteiger partial charge in [0.1, 0.15) is 6.29 Å². The van der Waals surface area contributed by atoms with Gasteiger partial charge in [0, 0.05) is 5.56 Å². The smallest absolute Gasteiger partial charge is 0.298 e. The standard InChI is InChI=1S/C7H7BO5/c9-5-6-3-1-2-4-7(6)8(12-10)13-11/h1-5,10-11H. The van der Waals surface area contributed by atoms with E-state index in [1.165, 1.54) is 12.1 Å². The van der Waals surface area contributed by atoms with Crippen LogP contribution in [-0.4, -0.2) is 23.9 Å². The van der Waals surface area contributed by atoms with Crippen molar-refractivity contribution in [2.75, 3.05) is 0 Å². The minimum Gasteiger partial charge on any atom is -0.298 e. The molecule has 0 unspecified atom stereocenters. The second-order valence-corrected chi connectivity index (χ2v) is 2.29. The molecule has 0 aliphatic heterocycles. The number of hydrogen-bond acceptors (Lipinski definition) is 5. The zero-order valence-electron chi connectivity index (χ0n) is 6.58. The lowest BCUT2D eigenvalue weighted by atomic mass is 9.77. The average molecular weight is 182 g/mol. The molecule has 0 aliphatic rings. The van der Waals surface area contributed by atoms with Crippen LogP contribution >= 0.6 is 0 Å². The molecule has 68 valence electrons. The van der Waals surface area contributed by atoms with Crippen LogP contribution in [0.2, 0.25) is 0 Å². The molecule has 0 bridgehead atoms. The normalized spacial score (nSPS) is 9.69. The van der Waals surface area contributed by atoms with Crippen LogP contribution in [-0.2, 0) is 9.61 Å². The predicted molar refractivity (Wildman–Crippen MR) is 44.6 cm³/mol. The third kappa shape index (κ3) is 2.13. The van der Waals surface area contributed by atoms with Crippen molar-refractivity contribution in [3.05, 3.63) is 29.8 Å². The van der Waals surface area contributed by atoms with Crippen molar-refractivity contribution in [1.29, 1.82) is 0 Å². The third-order valence-corrected chi connectivity index (χ3v) is 1.57. The Hall–Kier alpha value is -1.21. The molecule has 1 aromatic carbocycles. The number of rotatable bonds is 4. The van der Waals surface area contributed by atoms with Crippen molar-refractivity contribution in [3.8, 4) is 0 Å². The highest BCUT2D eigenvalue weighted by molar-refractivity contribution is 6.62. The first kappa shape index (κ1) is 9.88. The van der Waals surface area contributed by atoms with Gasteiger partial charge >= 0.3 is 7.12 Å². The highest BCUT2D eigenvalue weighted by Crippen LogP contribution is 1.96. The minimum absolute atomic E-state index is 0.252. The lowest BCUT2D eigenvalue weighted by Crippen LogP contribution is -2.37. The summed E-state index contributed by atoms with van der Waals surface area (Å²) in [4.78, 5) is 18.1. The number of hydrogen-bond donors (Lipinski definition) is 2. The SMILES string of the molecule is O=Cc1ccccc1B(OO)OO. The van der Waals surface area contributed by atoms with Crippen LogP contribution in [0.3, 0.4) is 0 Å². The van der Waals surface area contributed by atoms with E-state index in [0.717, 1.165) is 0 Å². The highest BCUT2D eigenvalue weighted by Gasteiger charge is 2.24. The van der Waals surface area contributed by atoms with Crippen molar-refractivity contribution in [2.45, 2.75) is 0 Å². The maximum absolute atomic E-state index is 10.5. The molecular formula is C7H7BO5. The molecule has 0 amide bonds. The number of aldehydes is 1. The van der Waals surface area contributed by atoms with Crippen molar-refractivity contribution in [2.24, 2.45) is 0 Å². The zero-order valence-corrected chi connectivity index (χ0v) is 6.58.